The van der Waals surface area contributed by atoms with E-state index in [1.165, 1.54) is 0 Å². The number of esters is 1. The highest BCUT2D eigenvalue weighted by Crippen LogP contribution is 2.31. The maximum Gasteiger partial charge on any atom is 0.311 e. The molecule has 2 rings (SSSR count). The molecular formula is C22H23NO4. The molecule has 27 heavy (non-hydrogen) atoms. The summed E-state index contributed by atoms with van der Waals surface area (Å²) in [6, 6.07) is 14.6. The van der Waals surface area contributed by atoms with Crippen LogP contribution in [0.4, 0.5) is 0 Å². The molecule has 0 aliphatic carbocycles. The summed E-state index contributed by atoms with van der Waals surface area (Å²) in [7, 11) is 3.12. The molecule has 140 valence electrons. The molecule has 0 unspecified atom stereocenters. The first kappa shape index (κ1) is 20.1. The molecule has 0 radical (unpaired) electrons. The van der Waals surface area contributed by atoms with Crippen LogP contribution in [0.3, 0.4) is 0 Å². The Hall–Kier alpha value is -3.26. The van der Waals surface area contributed by atoms with Crippen molar-refractivity contribution in [2.75, 3.05) is 14.2 Å². The standard InChI is InChI=1S/C22H23NO4/c1-15(2)11-22(24)27-19-8-5-16(6-9-19)12-18(14-23)17-7-10-20(25-3)21(13-17)26-4/h5-10,12-13,15H,11H2,1-4H3/b18-12-. The Morgan fingerprint density at radius 3 is 2.30 bits per heavy atom. The predicted octanol–water partition coefficient (Wildman–Crippen LogP) is 4.72. The number of carbonyl (C=O) groups excluding carboxylic acids is 1. The summed E-state index contributed by atoms with van der Waals surface area (Å²) < 4.78 is 15.8. The lowest BCUT2D eigenvalue weighted by Crippen LogP contribution is -2.10. The van der Waals surface area contributed by atoms with E-state index >= 15 is 0 Å². The van der Waals surface area contributed by atoms with Crippen LogP contribution >= 0.6 is 0 Å². The Morgan fingerprint density at radius 2 is 1.74 bits per heavy atom. The van der Waals surface area contributed by atoms with Crippen LogP contribution in [-0.2, 0) is 4.79 Å². The van der Waals surface area contributed by atoms with E-state index < -0.39 is 0 Å². The minimum Gasteiger partial charge on any atom is -0.493 e. The maximum absolute atomic E-state index is 11.7. The topological polar surface area (TPSA) is 68.5 Å². The summed E-state index contributed by atoms with van der Waals surface area (Å²) in [6.07, 6.45) is 2.14. The number of nitrogens with zero attached hydrogens (tertiary/aromatic N) is 1. The molecule has 0 bridgehead atoms. The summed E-state index contributed by atoms with van der Waals surface area (Å²) in [4.78, 5) is 11.7. The molecule has 0 aliphatic rings. The first-order chi connectivity index (χ1) is 13.0. The maximum atomic E-state index is 11.7. The van der Waals surface area contributed by atoms with Crippen molar-refractivity contribution in [2.45, 2.75) is 20.3 Å². The molecule has 5 heteroatoms. The molecule has 0 atom stereocenters. The van der Waals surface area contributed by atoms with Gasteiger partial charge in [-0.2, -0.15) is 5.26 Å². The molecular weight excluding hydrogens is 342 g/mol. The van der Waals surface area contributed by atoms with Crippen LogP contribution in [0.5, 0.6) is 17.2 Å². The zero-order valence-corrected chi connectivity index (χ0v) is 16.0. The van der Waals surface area contributed by atoms with Crippen LogP contribution in [-0.4, -0.2) is 20.2 Å². The summed E-state index contributed by atoms with van der Waals surface area (Å²) in [6.45, 7) is 3.93. The second-order valence-corrected chi connectivity index (χ2v) is 6.38. The fraction of sp³-hybridized carbons (Fsp3) is 0.273. The second kappa shape index (κ2) is 9.44. The highest BCUT2D eigenvalue weighted by atomic mass is 16.5. The minimum atomic E-state index is -0.253. The molecule has 0 heterocycles. The number of methoxy groups -OCH3 is 2. The van der Waals surface area contributed by atoms with Crippen molar-refractivity contribution in [2.24, 2.45) is 5.92 Å². The number of benzene rings is 2. The van der Waals surface area contributed by atoms with Gasteiger partial charge in [0.25, 0.3) is 0 Å². The number of hydrogen-bond acceptors (Lipinski definition) is 5. The van der Waals surface area contributed by atoms with Crippen molar-refractivity contribution in [3.8, 4) is 23.3 Å². The zero-order valence-electron chi connectivity index (χ0n) is 16.0. The first-order valence-electron chi connectivity index (χ1n) is 8.61. The minimum absolute atomic E-state index is 0.249. The van der Waals surface area contributed by atoms with E-state index in [9.17, 15) is 10.1 Å². The van der Waals surface area contributed by atoms with Gasteiger partial charge in [-0.3, -0.25) is 4.79 Å². The molecule has 5 nitrogen and oxygen atoms in total. The average molecular weight is 365 g/mol. The molecule has 0 fully saturated rings. The largest absolute Gasteiger partial charge is 0.493 e. The lowest BCUT2D eigenvalue weighted by Gasteiger charge is -2.09. The molecule has 0 saturated heterocycles. The van der Waals surface area contributed by atoms with Gasteiger partial charge in [0.1, 0.15) is 5.75 Å². The molecule has 0 aliphatic heterocycles. The Labute approximate surface area is 159 Å². The van der Waals surface area contributed by atoms with Crippen molar-refractivity contribution in [3.05, 3.63) is 53.6 Å². The van der Waals surface area contributed by atoms with Crippen LogP contribution in [0, 0.1) is 17.2 Å². The molecule has 0 amide bonds. The van der Waals surface area contributed by atoms with E-state index in [1.807, 2.05) is 13.8 Å². The monoisotopic (exact) mass is 365 g/mol. The number of carbonyl (C=O) groups is 1. The molecule has 0 spiro atoms. The first-order valence-corrected chi connectivity index (χ1v) is 8.61. The van der Waals surface area contributed by atoms with E-state index in [1.54, 1.807) is 62.8 Å². The quantitative estimate of drug-likeness (QED) is 0.307. The van der Waals surface area contributed by atoms with Crippen LogP contribution in [0.2, 0.25) is 0 Å². The van der Waals surface area contributed by atoms with E-state index in [4.69, 9.17) is 14.2 Å². The Kier molecular flexibility index (Phi) is 7.01. The van der Waals surface area contributed by atoms with Crippen LogP contribution in [0.1, 0.15) is 31.4 Å². The van der Waals surface area contributed by atoms with Gasteiger partial charge < -0.3 is 14.2 Å². The average Bonchev–Trinajstić information content (AvgIpc) is 2.66. The highest BCUT2D eigenvalue weighted by molar-refractivity contribution is 5.90. The smallest absolute Gasteiger partial charge is 0.311 e. The SMILES string of the molecule is COc1ccc(/C(C#N)=C\c2ccc(OC(=O)CC(C)C)cc2)cc1OC. The Morgan fingerprint density at radius 1 is 1.07 bits per heavy atom. The number of allylic oxidation sites excluding steroid dienone is 1. The second-order valence-electron chi connectivity index (χ2n) is 6.38. The van der Waals surface area contributed by atoms with Gasteiger partial charge in [-0.1, -0.05) is 26.0 Å². The van der Waals surface area contributed by atoms with Crippen LogP contribution in [0.25, 0.3) is 11.6 Å². The summed E-state index contributed by atoms with van der Waals surface area (Å²) in [5, 5.41) is 9.53. The van der Waals surface area contributed by atoms with Crippen molar-refractivity contribution in [1.29, 1.82) is 5.26 Å². The molecule has 2 aromatic carbocycles. The van der Waals surface area contributed by atoms with Crippen LogP contribution in [0.15, 0.2) is 42.5 Å². The van der Waals surface area contributed by atoms with E-state index in [0.717, 1.165) is 11.1 Å². The number of rotatable bonds is 7. The Balaban J connectivity index is 2.21. The number of nitriles is 1. The summed E-state index contributed by atoms with van der Waals surface area (Å²) in [5.74, 6) is 1.65. The van der Waals surface area contributed by atoms with Crippen LogP contribution < -0.4 is 14.2 Å². The van der Waals surface area contributed by atoms with E-state index in [0.29, 0.717) is 29.2 Å². The van der Waals surface area contributed by atoms with Gasteiger partial charge in [0, 0.05) is 6.42 Å². The van der Waals surface area contributed by atoms with Gasteiger partial charge in [-0.15, -0.1) is 0 Å². The van der Waals surface area contributed by atoms with Crippen molar-refractivity contribution >= 4 is 17.6 Å². The third-order valence-electron chi connectivity index (χ3n) is 3.81. The zero-order chi connectivity index (χ0) is 19.8. The third-order valence-corrected chi connectivity index (χ3v) is 3.81. The fourth-order valence-electron chi connectivity index (χ4n) is 2.49. The molecule has 0 saturated carbocycles. The fourth-order valence-corrected chi connectivity index (χ4v) is 2.49. The van der Waals surface area contributed by atoms with E-state index in [-0.39, 0.29) is 11.9 Å². The van der Waals surface area contributed by atoms with Gasteiger partial charge in [0.2, 0.25) is 0 Å². The van der Waals surface area contributed by atoms with Gasteiger partial charge in [-0.25, -0.2) is 0 Å². The number of hydrogen-bond donors (Lipinski definition) is 0. The number of ether oxygens (including phenoxy) is 3. The third kappa shape index (κ3) is 5.61. The molecule has 0 aromatic heterocycles. The van der Waals surface area contributed by atoms with Gasteiger partial charge in [0.15, 0.2) is 11.5 Å². The van der Waals surface area contributed by atoms with Gasteiger partial charge >= 0.3 is 5.97 Å². The molecule has 2 aromatic rings. The normalized spacial score (nSPS) is 11.0. The molecule has 0 N–H and O–H groups in total. The Bertz CT molecular complexity index is 861. The predicted molar refractivity (Wildman–Crippen MR) is 105 cm³/mol. The van der Waals surface area contributed by atoms with Crippen molar-refractivity contribution in [3.63, 3.8) is 0 Å². The van der Waals surface area contributed by atoms with E-state index in [2.05, 4.69) is 6.07 Å². The van der Waals surface area contributed by atoms with Gasteiger partial charge in [0.05, 0.1) is 25.9 Å². The van der Waals surface area contributed by atoms with Crippen molar-refractivity contribution in [1.82, 2.24) is 0 Å². The lowest BCUT2D eigenvalue weighted by molar-refractivity contribution is -0.135. The summed E-state index contributed by atoms with van der Waals surface area (Å²) >= 11 is 0. The lowest BCUT2D eigenvalue weighted by atomic mass is 10.0. The highest BCUT2D eigenvalue weighted by Gasteiger charge is 2.09. The van der Waals surface area contributed by atoms with Crippen molar-refractivity contribution < 1.29 is 19.0 Å². The van der Waals surface area contributed by atoms with Gasteiger partial charge in [-0.05, 0) is 53.5 Å². The summed E-state index contributed by atoms with van der Waals surface area (Å²) in [5.41, 5.74) is 2.04.